The summed E-state index contributed by atoms with van der Waals surface area (Å²) in [6.45, 7) is 2.23. The van der Waals surface area contributed by atoms with Gasteiger partial charge in [0.2, 0.25) is 0 Å². The Bertz CT molecular complexity index is 251. The first-order chi connectivity index (χ1) is 5.79. The highest BCUT2D eigenvalue weighted by Gasteiger charge is 2.21. The Morgan fingerprint density at radius 1 is 1.17 bits per heavy atom. The van der Waals surface area contributed by atoms with Gasteiger partial charge in [0.25, 0.3) is 0 Å². The van der Waals surface area contributed by atoms with Crippen LogP contribution in [-0.4, -0.2) is 5.11 Å². The Hall–Kier alpha value is -0.820. The van der Waals surface area contributed by atoms with Gasteiger partial charge in [0.05, 0.1) is 6.10 Å². The molecule has 1 N–H and O–H groups in total. The molecule has 1 nitrogen and oxygen atoms in total. The number of fused-ring (bicyclic) bond motifs is 1. The van der Waals surface area contributed by atoms with E-state index in [0.29, 0.717) is 5.92 Å². The zero-order valence-electron chi connectivity index (χ0n) is 7.33. The summed E-state index contributed by atoms with van der Waals surface area (Å²) >= 11 is 0. The number of hydrogen-bond donors (Lipinski definition) is 1. The molecule has 1 heteroatoms. The molecule has 1 aliphatic rings. The molecular formula is C11H14O. The molecule has 0 spiro atoms. The molecule has 0 amide bonds. The Balaban J connectivity index is 2.47. The zero-order chi connectivity index (χ0) is 8.55. The van der Waals surface area contributed by atoms with Crippen molar-refractivity contribution in [3.8, 4) is 0 Å². The summed E-state index contributed by atoms with van der Waals surface area (Å²) in [6, 6.07) is 8.21. The predicted molar refractivity (Wildman–Crippen MR) is 49.1 cm³/mol. The van der Waals surface area contributed by atoms with Crippen LogP contribution in [0.3, 0.4) is 0 Å². The highest BCUT2D eigenvalue weighted by molar-refractivity contribution is 5.33. The average molecular weight is 162 g/mol. The zero-order valence-corrected chi connectivity index (χ0v) is 7.33. The van der Waals surface area contributed by atoms with E-state index in [1.54, 1.807) is 0 Å². The van der Waals surface area contributed by atoms with E-state index in [2.05, 4.69) is 13.0 Å². The topological polar surface area (TPSA) is 20.2 Å². The van der Waals surface area contributed by atoms with Gasteiger partial charge in [-0.3, -0.25) is 0 Å². The maximum atomic E-state index is 9.68. The summed E-state index contributed by atoms with van der Waals surface area (Å²) in [5, 5.41) is 9.68. The molecule has 64 valence electrons. The van der Waals surface area contributed by atoms with Crippen molar-refractivity contribution < 1.29 is 5.11 Å². The van der Waals surface area contributed by atoms with E-state index in [-0.39, 0.29) is 6.10 Å². The van der Waals surface area contributed by atoms with Gasteiger partial charge in [-0.25, -0.2) is 0 Å². The smallest absolute Gasteiger partial charge is 0.0793 e. The highest BCUT2D eigenvalue weighted by atomic mass is 16.3. The van der Waals surface area contributed by atoms with Crippen LogP contribution in [0.15, 0.2) is 24.3 Å². The predicted octanol–water partition coefficient (Wildman–Crippen LogP) is 2.62. The second kappa shape index (κ2) is 2.91. The number of hydrogen-bond acceptors (Lipinski definition) is 1. The lowest BCUT2D eigenvalue weighted by Crippen LogP contribution is -2.11. The molecule has 1 aromatic rings. The summed E-state index contributed by atoms with van der Waals surface area (Å²) < 4.78 is 0. The van der Waals surface area contributed by atoms with Crippen LogP contribution in [0.2, 0.25) is 0 Å². The Labute approximate surface area is 73.0 Å². The first-order valence-corrected chi connectivity index (χ1v) is 4.56. The van der Waals surface area contributed by atoms with Gasteiger partial charge in [0.1, 0.15) is 0 Å². The van der Waals surface area contributed by atoms with Crippen LogP contribution >= 0.6 is 0 Å². The standard InChI is InChI=1S/C11H14O/c1-8-6-7-11(12)10-5-3-2-4-9(8)10/h2-5,8,11-12H,6-7H2,1H3. The molecule has 0 fully saturated rings. The van der Waals surface area contributed by atoms with Gasteiger partial charge in [-0.2, -0.15) is 0 Å². The molecule has 2 atom stereocenters. The van der Waals surface area contributed by atoms with Crippen molar-refractivity contribution in [1.82, 2.24) is 0 Å². The molecule has 0 bridgehead atoms. The third kappa shape index (κ3) is 1.14. The number of aliphatic hydroxyl groups excluding tert-OH is 1. The molecule has 0 aromatic heterocycles. The highest BCUT2D eigenvalue weighted by Crippen LogP contribution is 2.36. The van der Waals surface area contributed by atoms with Crippen LogP contribution in [0.25, 0.3) is 0 Å². The van der Waals surface area contributed by atoms with Crippen LogP contribution in [0.5, 0.6) is 0 Å². The molecule has 2 rings (SSSR count). The van der Waals surface area contributed by atoms with Crippen molar-refractivity contribution >= 4 is 0 Å². The summed E-state index contributed by atoms with van der Waals surface area (Å²) in [4.78, 5) is 0. The van der Waals surface area contributed by atoms with Crippen LogP contribution in [0.1, 0.15) is 42.9 Å². The second-order valence-electron chi connectivity index (χ2n) is 3.62. The van der Waals surface area contributed by atoms with Crippen LogP contribution in [0.4, 0.5) is 0 Å². The van der Waals surface area contributed by atoms with E-state index in [0.717, 1.165) is 18.4 Å². The fourth-order valence-corrected chi connectivity index (χ4v) is 1.98. The van der Waals surface area contributed by atoms with Crippen LogP contribution in [0, 0.1) is 0 Å². The van der Waals surface area contributed by atoms with E-state index >= 15 is 0 Å². The first kappa shape index (κ1) is 7.81. The lowest BCUT2D eigenvalue weighted by Gasteiger charge is -2.26. The lowest BCUT2D eigenvalue weighted by molar-refractivity contribution is 0.151. The normalized spacial score (nSPS) is 28.2. The molecule has 0 heterocycles. The van der Waals surface area contributed by atoms with Gasteiger partial charge in [0, 0.05) is 0 Å². The Kier molecular flexibility index (Phi) is 1.89. The molecular weight excluding hydrogens is 148 g/mol. The van der Waals surface area contributed by atoms with Gasteiger partial charge in [-0.1, -0.05) is 31.2 Å². The molecule has 2 unspecified atom stereocenters. The maximum absolute atomic E-state index is 9.68. The minimum Gasteiger partial charge on any atom is -0.388 e. The van der Waals surface area contributed by atoms with E-state index in [1.165, 1.54) is 5.56 Å². The second-order valence-corrected chi connectivity index (χ2v) is 3.62. The van der Waals surface area contributed by atoms with Gasteiger partial charge in [-0.05, 0) is 29.9 Å². The molecule has 1 aromatic carbocycles. The monoisotopic (exact) mass is 162 g/mol. The van der Waals surface area contributed by atoms with Gasteiger partial charge >= 0.3 is 0 Å². The van der Waals surface area contributed by atoms with Crippen molar-refractivity contribution in [2.24, 2.45) is 0 Å². The molecule has 12 heavy (non-hydrogen) atoms. The summed E-state index contributed by atoms with van der Waals surface area (Å²) in [5.74, 6) is 0.615. The van der Waals surface area contributed by atoms with E-state index in [9.17, 15) is 5.11 Å². The fraction of sp³-hybridized carbons (Fsp3) is 0.455. The van der Waals surface area contributed by atoms with Crippen molar-refractivity contribution in [2.45, 2.75) is 31.8 Å². The van der Waals surface area contributed by atoms with Crippen LogP contribution in [-0.2, 0) is 0 Å². The SMILES string of the molecule is CC1CCC(O)c2ccccc21. The van der Waals surface area contributed by atoms with Crippen molar-refractivity contribution in [3.63, 3.8) is 0 Å². The fourth-order valence-electron chi connectivity index (χ4n) is 1.98. The molecule has 0 saturated heterocycles. The first-order valence-electron chi connectivity index (χ1n) is 4.56. The molecule has 1 aliphatic carbocycles. The van der Waals surface area contributed by atoms with Gasteiger partial charge in [0.15, 0.2) is 0 Å². The minimum absolute atomic E-state index is 0.225. The number of rotatable bonds is 0. The van der Waals surface area contributed by atoms with Gasteiger partial charge in [-0.15, -0.1) is 0 Å². The summed E-state index contributed by atoms with van der Waals surface area (Å²) in [6.07, 6.45) is 1.80. The molecule has 0 saturated carbocycles. The van der Waals surface area contributed by atoms with E-state index in [4.69, 9.17) is 0 Å². The van der Waals surface area contributed by atoms with E-state index in [1.807, 2.05) is 18.2 Å². The molecule has 0 aliphatic heterocycles. The number of aliphatic hydroxyl groups is 1. The lowest BCUT2D eigenvalue weighted by atomic mass is 9.82. The third-order valence-electron chi connectivity index (χ3n) is 2.76. The van der Waals surface area contributed by atoms with Crippen molar-refractivity contribution in [1.29, 1.82) is 0 Å². The number of benzene rings is 1. The quantitative estimate of drug-likeness (QED) is 0.621. The summed E-state index contributed by atoms with van der Waals surface area (Å²) in [5.41, 5.74) is 2.47. The van der Waals surface area contributed by atoms with Gasteiger partial charge < -0.3 is 5.11 Å². The Morgan fingerprint density at radius 3 is 2.50 bits per heavy atom. The van der Waals surface area contributed by atoms with Crippen LogP contribution < -0.4 is 0 Å². The van der Waals surface area contributed by atoms with E-state index < -0.39 is 0 Å². The van der Waals surface area contributed by atoms with Crippen molar-refractivity contribution in [2.75, 3.05) is 0 Å². The summed E-state index contributed by atoms with van der Waals surface area (Å²) in [7, 11) is 0. The van der Waals surface area contributed by atoms with Crippen molar-refractivity contribution in [3.05, 3.63) is 35.4 Å². The average Bonchev–Trinajstić information content (AvgIpc) is 2.12. The maximum Gasteiger partial charge on any atom is 0.0793 e. The largest absolute Gasteiger partial charge is 0.388 e. The Morgan fingerprint density at radius 2 is 1.83 bits per heavy atom. The molecule has 0 radical (unpaired) electrons. The minimum atomic E-state index is -0.225. The third-order valence-corrected chi connectivity index (χ3v) is 2.76.